The van der Waals surface area contributed by atoms with Gasteiger partial charge in [0.2, 0.25) is 0 Å². The number of rotatable bonds is 6. The lowest BCUT2D eigenvalue weighted by atomic mass is 10.2. The van der Waals surface area contributed by atoms with Crippen molar-refractivity contribution in [2.45, 2.75) is 26.7 Å². The van der Waals surface area contributed by atoms with E-state index in [1.54, 1.807) is 11.9 Å². The molecule has 0 radical (unpaired) electrons. The molecule has 2 N–H and O–H groups in total. The highest BCUT2D eigenvalue weighted by Gasteiger charge is 2.20. The van der Waals surface area contributed by atoms with Crippen molar-refractivity contribution in [1.82, 2.24) is 14.7 Å². The van der Waals surface area contributed by atoms with Crippen molar-refractivity contribution in [1.29, 1.82) is 0 Å². The Kier molecular flexibility index (Phi) is 4.88. The van der Waals surface area contributed by atoms with Gasteiger partial charge in [0.1, 0.15) is 5.69 Å². The smallest absolute Gasteiger partial charge is 0.272 e. The number of carbonyl (C=O) groups excluding carboxylic acids is 2. The van der Waals surface area contributed by atoms with Gasteiger partial charge in [-0.05, 0) is 12.8 Å². The lowest BCUT2D eigenvalue weighted by Crippen LogP contribution is -2.33. The Morgan fingerprint density at radius 2 is 1.89 bits per heavy atom. The molecule has 18 heavy (non-hydrogen) atoms. The van der Waals surface area contributed by atoms with Gasteiger partial charge < -0.3 is 10.6 Å². The average molecular weight is 252 g/mol. The molecule has 0 fully saturated rings. The third-order valence-electron chi connectivity index (χ3n) is 2.63. The number of carbonyl (C=O) groups is 2. The van der Waals surface area contributed by atoms with Gasteiger partial charge in [-0.1, -0.05) is 13.8 Å². The Bertz CT molecular complexity index is 433. The van der Waals surface area contributed by atoms with Gasteiger partial charge in [0.15, 0.2) is 5.69 Å². The van der Waals surface area contributed by atoms with E-state index in [9.17, 15) is 9.59 Å². The quantitative estimate of drug-likeness (QED) is 0.812. The second-order valence-electron chi connectivity index (χ2n) is 4.19. The van der Waals surface area contributed by atoms with Crippen LogP contribution in [0.5, 0.6) is 0 Å². The van der Waals surface area contributed by atoms with E-state index in [1.807, 2.05) is 13.8 Å². The van der Waals surface area contributed by atoms with Crippen LogP contribution in [-0.2, 0) is 7.05 Å². The van der Waals surface area contributed by atoms with E-state index in [2.05, 4.69) is 5.10 Å². The zero-order chi connectivity index (χ0) is 13.7. The molecule has 0 aromatic carbocycles. The van der Waals surface area contributed by atoms with Gasteiger partial charge in [-0.15, -0.1) is 0 Å². The van der Waals surface area contributed by atoms with Crippen molar-refractivity contribution in [3.8, 4) is 0 Å². The summed E-state index contributed by atoms with van der Waals surface area (Å²) in [6.07, 6.45) is 1.79. The molecule has 0 unspecified atom stereocenters. The number of hydrogen-bond acceptors (Lipinski definition) is 3. The number of nitrogens with two attached hydrogens (primary N) is 1. The highest BCUT2D eigenvalue weighted by atomic mass is 16.2. The number of aromatic nitrogens is 2. The average Bonchev–Trinajstić information content (AvgIpc) is 2.70. The van der Waals surface area contributed by atoms with Crippen molar-refractivity contribution in [2.24, 2.45) is 12.8 Å². The number of aryl methyl sites for hydroxylation is 1. The number of amides is 2. The maximum absolute atomic E-state index is 12.3. The van der Waals surface area contributed by atoms with Gasteiger partial charge in [-0.25, -0.2) is 0 Å². The lowest BCUT2D eigenvalue weighted by molar-refractivity contribution is 0.0744. The molecule has 100 valence electrons. The zero-order valence-corrected chi connectivity index (χ0v) is 11.1. The molecule has 2 amide bonds. The fraction of sp³-hybridized carbons (Fsp3) is 0.583. The first-order chi connectivity index (χ1) is 8.51. The number of nitrogens with zero attached hydrogens (tertiary/aromatic N) is 3. The van der Waals surface area contributed by atoms with Crippen molar-refractivity contribution in [3.63, 3.8) is 0 Å². The van der Waals surface area contributed by atoms with Crippen LogP contribution in [0.3, 0.4) is 0 Å². The molecular formula is C12H20N4O2. The Labute approximate surface area is 107 Å². The van der Waals surface area contributed by atoms with Crippen LogP contribution in [0, 0.1) is 0 Å². The zero-order valence-electron chi connectivity index (χ0n) is 11.1. The molecular weight excluding hydrogens is 232 g/mol. The van der Waals surface area contributed by atoms with Crippen LogP contribution in [0.4, 0.5) is 0 Å². The molecule has 6 heteroatoms. The van der Waals surface area contributed by atoms with Gasteiger partial charge in [-0.2, -0.15) is 5.10 Å². The Morgan fingerprint density at radius 3 is 2.28 bits per heavy atom. The van der Waals surface area contributed by atoms with Gasteiger partial charge >= 0.3 is 0 Å². The third-order valence-corrected chi connectivity index (χ3v) is 2.63. The highest BCUT2D eigenvalue weighted by Crippen LogP contribution is 2.08. The summed E-state index contributed by atoms with van der Waals surface area (Å²) in [4.78, 5) is 25.1. The summed E-state index contributed by atoms with van der Waals surface area (Å²) in [5.41, 5.74) is 5.66. The molecule has 1 aromatic heterocycles. The van der Waals surface area contributed by atoms with Crippen LogP contribution < -0.4 is 5.73 Å². The number of hydrogen-bond donors (Lipinski definition) is 1. The van der Waals surface area contributed by atoms with Crippen LogP contribution in [-0.4, -0.2) is 39.6 Å². The molecule has 0 spiro atoms. The maximum Gasteiger partial charge on any atom is 0.272 e. The molecule has 1 heterocycles. The first-order valence-corrected chi connectivity index (χ1v) is 6.14. The predicted molar refractivity (Wildman–Crippen MR) is 68.2 cm³/mol. The van der Waals surface area contributed by atoms with Crippen molar-refractivity contribution >= 4 is 11.8 Å². The number of primary amides is 1. The standard InChI is InChI=1S/C12H20N4O2/c1-4-6-16(7-5-2)12(18)10-8-9(11(13)17)14-15(10)3/h8H,4-7H2,1-3H3,(H2,13,17). The molecule has 1 aromatic rings. The predicted octanol–water partition coefficient (Wildman–Crippen LogP) is 0.781. The normalized spacial score (nSPS) is 10.4. The first kappa shape index (κ1) is 14.2. The van der Waals surface area contributed by atoms with E-state index < -0.39 is 5.91 Å². The van der Waals surface area contributed by atoms with E-state index in [0.29, 0.717) is 18.8 Å². The maximum atomic E-state index is 12.3. The van der Waals surface area contributed by atoms with Crippen LogP contribution in [0.25, 0.3) is 0 Å². The van der Waals surface area contributed by atoms with E-state index >= 15 is 0 Å². The molecule has 1 rings (SSSR count). The Morgan fingerprint density at radius 1 is 1.33 bits per heavy atom. The Balaban J connectivity index is 2.97. The van der Waals surface area contributed by atoms with Gasteiger partial charge in [-0.3, -0.25) is 14.3 Å². The molecule has 0 atom stereocenters. The first-order valence-electron chi connectivity index (χ1n) is 6.14. The summed E-state index contributed by atoms with van der Waals surface area (Å²) in [6, 6.07) is 1.45. The highest BCUT2D eigenvalue weighted by molar-refractivity contribution is 5.97. The molecule has 0 bridgehead atoms. The van der Waals surface area contributed by atoms with Crippen LogP contribution in [0.15, 0.2) is 6.07 Å². The van der Waals surface area contributed by atoms with Crippen LogP contribution in [0.2, 0.25) is 0 Å². The monoisotopic (exact) mass is 252 g/mol. The van der Waals surface area contributed by atoms with E-state index in [4.69, 9.17) is 5.73 Å². The van der Waals surface area contributed by atoms with Gasteiger partial charge in [0, 0.05) is 26.2 Å². The summed E-state index contributed by atoms with van der Waals surface area (Å²) in [7, 11) is 1.63. The van der Waals surface area contributed by atoms with E-state index in [1.165, 1.54) is 10.7 Å². The van der Waals surface area contributed by atoms with Gasteiger partial charge in [0.25, 0.3) is 11.8 Å². The van der Waals surface area contributed by atoms with Crippen molar-refractivity contribution < 1.29 is 9.59 Å². The molecule has 6 nitrogen and oxygen atoms in total. The molecule has 0 aliphatic rings. The minimum Gasteiger partial charge on any atom is -0.364 e. The van der Waals surface area contributed by atoms with Crippen LogP contribution >= 0.6 is 0 Å². The molecule has 0 aliphatic heterocycles. The minimum absolute atomic E-state index is 0.110. The topological polar surface area (TPSA) is 81.2 Å². The summed E-state index contributed by atoms with van der Waals surface area (Å²) in [5, 5.41) is 3.93. The lowest BCUT2D eigenvalue weighted by Gasteiger charge is -2.21. The van der Waals surface area contributed by atoms with Gasteiger partial charge in [0.05, 0.1) is 0 Å². The summed E-state index contributed by atoms with van der Waals surface area (Å²) < 4.78 is 1.40. The second kappa shape index (κ2) is 6.18. The molecule has 0 saturated carbocycles. The Hall–Kier alpha value is -1.85. The fourth-order valence-corrected chi connectivity index (χ4v) is 1.80. The fourth-order valence-electron chi connectivity index (χ4n) is 1.80. The van der Waals surface area contributed by atoms with Crippen molar-refractivity contribution in [3.05, 3.63) is 17.5 Å². The summed E-state index contributed by atoms with van der Waals surface area (Å²) in [5.74, 6) is -0.733. The largest absolute Gasteiger partial charge is 0.364 e. The van der Waals surface area contributed by atoms with E-state index in [0.717, 1.165) is 12.8 Å². The van der Waals surface area contributed by atoms with E-state index in [-0.39, 0.29) is 11.6 Å². The van der Waals surface area contributed by atoms with Crippen molar-refractivity contribution in [2.75, 3.05) is 13.1 Å². The third kappa shape index (κ3) is 3.09. The second-order valence-corrected chi connectivity index (χ2v) is 4.19. The minimum atomic E-state index is -0.623. The van der Waals surface area contributed by atoms with Crippen LogP contribution in [0.1, 0.15) is 47.7 Å². The summed E-state index contributed by atoms with van der Waals surface area (Å²) in [6.45, 7) is 5.44. The molecule has 0 saturated heterocycles. The SMILES string of the molecule is CCCN(CCC)C(=O)c1cc(C(N)=O)nn1C. The summed E-state index contributed by atoms with van der Waals surface area (Å²) >= 11 is 0. The molecule has 0 aliphatic carbocycles.